The van der Waals surface area contributed by atoms with E-state index in [1.54, 1.807) is 11.3 Å². The highest BCUT2D eigenvalue weighted by molar-refractivity contribution is 7.14. The van der Waals surface area contributed by atoms with Crippen LogP contribution >= 0.6 is 11.3 Å². The standard InChI is InChI=1S/C22H27FN2O2S/c23-18-8-6-16(7-9-18)19(25-10-12-27-13-11-25)15-24-22(26)21-14-17-4-2-1-3-5-20(17)28-21/h6-9,14,19H,1-5,10-13,15H2,(H,24,26). The van der Waals surface area contributed by atoms with Gasteiger partial charge in [0.05, 0.1) is 24.1 Å². The molecule has 28 heavy (non-hydrogen) atoms. The molecule has 1 aromatic heterocycles. The van der Waals surface area contributed by atoms with Crippen molar-refractivity contribution in [1.82, 2.24) is 10.2 Å². The van der Waals surface area contributed by atoms with Crippen LogP contribution in [0.15, 0.2) is 30.3 Å². The highest BCUT2D eigenvalue weighted by Crippen LogP contribution is 2.29. The molecule has 150 valence electrons. The molecule has 1 atom stereocenters. The quantitative estimate of drug-likeness (QED) is 0.770. The molecular weight excluding hydrogens is 375 g/mol. The summed E-state index contributed by atoms with van der Waals surface area (Å²) < 4.78 is 18.8. The molecule has 2 aliphatic rings. The number of thiophene rings is 1. The number of hydrogen-bond acceptors (Lipinski definition) is 4. The van der Waals surface area contributed by atoms with Crippen LogP contribution < -0.4 is 5.32 Å². The fourth-order valence-electron chi connectivity index (χ4n) is 4.09. The highest BCUT2D eigenvalue weighted by atomic mass is 32.1. The van der Waals surface area contributed by atoms with Crippen LogP contribution in [0.3, 0.4) is 0 Å². The van der Waals surface area contributed by atoms with Crippen molar-refractivity contribution in [2.75, 3.05) is 32.8 Å². The maximum absolute atomic E-state index is 13.4. The molecule has 1 aromatic carbocycles. The number of hydrogen-bond donors (Lipinski definition) is 1. The lowest BCUT2D eigenvalue weighted by Crippen LogP contribution is -2.43. The van der Waals surface area contributed by atoms with Gasteiger partial charge in [0, 0.05) is 24.5 Å². The van der Waals surface area contributed by atoms with Gasteiger partial charge in [-0.3, -0.25) is 9.69 Å². The summed E-state index contributed by atoms with van der Waals surface area (Å²) in [5.41, 5.74) is 2.38. The van der Waals surface area contributed by atoms with Crippen LogP contribution in [-0.2, 0) is 17.6 Å². The summed E-state index contributed by atoms with van der Waals surface area (Å²) in [4.78, 5) is 17.3. The first kappa shape index (κ1) is 19.6. The van der Waals surface area contributed by atoms with Gasteiger partial charge in [-0.15, -0.1) is 11.3 Å². The Labute approximate surface area is 169 Å². The fourth-order valence-corrected chi connectivity index (χ4v) is 5.26. The molecule has 1 amide bonds. The summed E-state index contributed by atoms with van der Waals surface area (Å²) in [5.74, 6) is -0.243. The third-order valence-corrected chi connectivity index (χ3v) is 6.90. The van der Waals surface area contributed by atoms with Crippen LogP contribution in [0.1, 0.15) is 51.0 Å². The number of halogens is 1. The number of ether oxygens (including phenoxy) is 1. The summed E-state index contributed by atoms with van der Waals surface area (Å²) in [7, 11) is 0. The third kappa shape index (κ3) is 4.62. The number of fused-ring (bicyclic) bond motifs is 1. The summed E-state index contributed by atoms with van der Waals surface area (Å²) in [6.07, 6.45) is 5.90. The van der Waals surface area contributed by atoms with Gasteiger partial charge in [0.2, 0.25) is 0 Å². The molecule has 0 saturated carbocycles. The van der Waals surface area contributed by atoms with Gasteiger partial charge in [-0.2, -0.15) is 0 Å². The molecular formula is C22H27FN2O2S. The maximum atomic E-state index is 13.4. The van der Waals surface area contributed by atoms with Gasteiger partial charge in [-0.1, -0.05) is 18.6 Å². The van der Waals surface area contributed by atoms with Gasteiger partial charge in [-0.05, 0) is 55.0 Å². The van der Waals surface area contributed by atoms with Crippen LogP contribution in [0.25, 0.3) is 0 Å². The predicted molar refractivity (Wildman–Crippen MR) is 109 cm³/mol. The Morgan fingerprint density at radius 1 is 1.14 bits per heavy atom. The summed E-state index contributed by atoms with van der Waals surface area (Å²) >= 11 is 1.65. The average molecular weight is 403 g/mol. The average Bonchev–Trinajstić information content (AvgIpc) is 3.01. The zero-order chi connectivity index (χ0) is 19.3. The Balaban J connectivity index is 1.46. The van der Waals surface area contributed by atoms with E-state index >= 15 is 0 Å². The normalized spacial score (nSPS) is 18.9. The number of carbonyl (C=O) groups is 1. The number of nitrogens with zero attached hydrogens (tertiary/aromatic N) is 1. The second-order valence-corrected chi connectivity index (χ2v) is 8.68. The number of rotatable bonds is 5. The lowest BCUT2D eigenvalue weighted by atomic mass is 10.0. The van der Waals surface area contributed by atoms with Gasteiger partial charge in [0.15, 0.2) is 0 Å². The van der Waals surface area contributed by atoms with Gasteiger partial charge in [-0.25, -0.2) is 4.39 Å². The first-order valence-corrected chi connectivity index (χ1v) is 11.0. The molecule has 1 aliphatic carbocycles. The first-order valence-electron chi connectivity index (χ1n) is 10.2. The van der Waals surface area contributed by atoms with E-state index in [9.17, 15) is 9.18 Å². The molecule has 0 bridgehead atoms. The number of carbonyl (C=O) groups excluding carboxylic acids is 1. The largest absolute Gasteiger partial charge is 0.379 e. The number of benzene rings is 1. The van der Waals surface area contributed by atoms with Crippen LogP contribution in [0.2, 0.25) is 0 Å². The minimum Gasteiger partial charge on any atom is -0.379 e. The van der Waals surface area contributed by atoms with Gasteiger partial charge in [0.1, 0.15) is 5.82 Å². The summed E-state index contributed by atoms with van der Waals surface area (Å²) in [5, 5.41) is 3.13. The first-order chi connectivity index (χ1) is 13.7. The van der Waals surface area contributed by atoms with Gasteiger partial charge < -0.3 is 10.1 Å². The van der Waals surface area contributed by atoms with E-state index in [0.29, 0.717) is 19.8 Å². The Morgan fingerprint density at radius 3 is 2.68 bits per heavy atom. The SMILES string of the molecule is O=C(NCC(c1ccc(F)cc1)N1CCOCC1)c1cc2c(s1)CCCCC2. The predicted octanol–water partition coefficient (Wildman–Crippen LogP) is 3.96. The van der Waals surface area contributed by atoms with Crippen LogP contribution in [0.5, 0.6) is 0 Å². The monoisotopic (exact) mass is 402 g/mol. The molecule has 0 spiro atoms. The van der Waals surface area contributed by atoms with Crippen LogP contribution in [0.4, 0.5) is 4.39 Å². The Kier molecular flexibility index (Phi) is 6.40. The minimum absolute atomic E-state index is 0.00144. The van der Waals surface area contributed by atoms with Crippen molar-refractivity contribution in [2.45, 2.75) is 38.1 Å². The van der Waals surface area contributed by atoms with Crippen molar-refractivity contribution in [1.29, 1.82) is 0 Å². The summed E-state index contributed by atoms with van der Waals surface area (Å²) in [6.45, 7) is 3.50. The molecule has 2 aromatic rings. The Morgan fingerprint density at radius 2 is 1.89 bits per heavy atom. The van der Waals surface area contributed by atoms with E-state index in [1.807, 2.05) is 12.1 Å². The fraction of sp³-hybridized carbons (Fsp3) is 0.500. The molecule has 6 heteroatoms. The molecule has 1 fully saturated rings. The van der Waals surface area contributed by atoms with Gasteiger partial charge >= 0.3 is 0 Å². The van der Waals surface area contributed by atoms with Crippen molar-refractivity contribution >= 4 is 17.2 Å². The molecule has 1 N–H and O–H groups in total. The zero-order valence-corrected chi connectivity index (χ0v) is 16.9. The van der Waals surface area contributed by atoms with E-state index in [1.165, 1.54) is 41.8 Å². The van der Waals surface area contributed by atoms with Gasteiger partial charge in [0.25, 0.3) is 5.91 Å². The Bertz CT molecular complexity index is 776. The topological polar surface area (TPSA) is 41.6 Å². The molecule has 1 saturated heterocycles. The second-order valence-electron chi connectivity index (χ2n) is 7.55. The molecule has 2 heterocycles. The maximum Gasteiger partial charge on any atom is 0.261 e. The number of nitrogens with one attached hydrogen (secondary N) is 1. The molecule has 0 radical (unpaired) electrons. The van der Waals surface area contributed by atoms with E-state index in [0.717, 1.165) is 36.4 Å². The van der Waals surface area contributed by atoms with E-state index in [4.69, 9.17) is 4.74 Å². The van der Waals surface area contributed by atoms with Crippen LogP contribution in [-0.4, -0.2) is 43.7 Å². The van der Waals surface area contributed by atoms with E-state index in [-0.39, 0.29) is 17.8 Å². The molecule has 1 aliphatic heterocycles. The van der Waals surface area contributed by atoms with Crippen molar-refractivity contribution in [2.24, 2.45) is 0 Å². The zero-order valence-electron chi connectivity index (χ0n) is 16.1. The third-order valence-electron chi connectivity index (χ3n) is 5.67. The Hall–Kier alpha value is -1.76. The van der Waals surface area contributed by atoms with E-state index in [2.05, 4.69) is 16.3 Å². The molecule has 4 rings (SSSR count). The minimum atomic E-state index is -0.242. The van der Waals surface area contributed by atoms with Crippen LogP contribution in [0, 0.1) is 5.82 Å². The van der Waals surface area contributed by atoms with Crippen molar-refractivity contribution in [3.05, 3.63) is 57.0 Å². The van der Waals surface area contributed by atoms with Crippen molar-refractivity contribution < 1.29 is 13.9 Å². The number of morpholine rings is 1. The second kappa shape index (κ2) is 9.16. The highest BCUT2D eigenvalue weighted by Gasteiger charge is 2.24. The van der Waals surface area contributed by atoms with Crippen molar-refractivity contribution in [3.8, 4) is 0 Å². The number of amides is 1. The smallest absolute Gasteiger partial charge is 0.261 e. The molecule has 1 unspecified atom stereocenters. The van der Waals surface area contributed by atoms with Crippen molar-refractivity contribution in [3.63, 3.8) is 0 Å². The lowest BCUT2D eigenvalue weighted by Gasteiger charge is -2.34. The van der Waals surface area contributed by atoms with E-state index < -0.39 is 0 Å². The molecule has 4 nitrogen and oxygen atoms in total. The lowest BCUT2D eigenvalue weighted by molar-refractivity contribution is 0.0162. The number of aryl methyl sites for hydroxylation is 2. The summed E-state index contributed by atoms with van der Waals surface area (Å²) in [6, 6.07) is 8.71.